The third kappa shape index (κ3) is 2.83. The second-order valence-corrected chi connectivity index (χ2v) is 5.59. The highest BCUT2D eigenvalue weighted by atomic mass is 16.1. The molecule has 92 valence electrons. The van der Waals surface area contributed by atoms with Gasteiger partial charge in [-0.25, -0.2) is 0 Å². The standard InChI is InChI=1S/C13H24N2O/c1-14(2)12-7-8-15(9-12)10-13(16)11-5-3-4-6-11/h11-12H,3-10H2,1-2H3. The number of Topliss-reactive ketones (excluding diaryl/α,β-unsaturated/α-hetero) is 1. The van der Waals surface area contributed by atoms with E-state index in [4.69, 9.17) is 0 Å². The molecule has 1 heterocycles. The molecular formula is C13H24N2O. The van der Waals surface area contributed by atoms with Gasteiger partial charge in [0, 0.05) is 25.0 Å². The van der Waals surface area contributed by atoms with Crippen molar-refractivity contribution in [3.05, 3.63) is 0 Å². The van der Waals surface area contributed by atoms with Gasteiger partial charge in [-0.1, -0.05) is 12.8 Å². The lowest BCUT2D eigenvalue weighted by molar-refractivity contribution is -0.123. The van der Waals surface area contributed by atoms with E-state index in [1.54, 1.807) is 0 Å². The highest BCUT2D eigenvalue weighted by molar-refractivity contribution is 5.83. The van der Waals surface area contributed by atoms with Gasteiger partial charge in [0.2, 0.25) is 0 Å². The van der Waals surface area contributed by atoms with Crippen LogP contribution in [0.2, 0.25) is 0 Å². The minimum absolute atomic E-state index is 0.387. The maximum absolute atomic E-state index is 12.0. The number of carbonyl (C=O) groups excluding carboxylic acids is 1. The van der Waals surface area contributed by atoms with E-state index in [2.05, 4.69) is 23.9 Å². The van der Waals surface area contributed by atoms with Crippen LogP contribution < -0.4 is 0 Å². The van der Waals surface area contributed by atoms with Gasteiger partial charge in [-0.05, 0) is 33.4 Å². The quantitative estimate of drug-likeness (QED) is 0.721. The zero-order valence-electron chi connectivity index (χ0n) is 10.6. The van der Waals surface area contributed by atoms with Crippen molar-refractivity contribution in [3.8, 4) is 0 Å². The van der Waals surface area contributed by atoms with Crippen molar-refractivity contribution in [1.82, 2.24) is 9.80 Å². The molecule has 1 aliphatic carbocycles. The van der Waals surface area contributed by atoms with Crippen LogP contribution in [0.1, 0.15) is 32.1 Å². The summed E-state index contributed by atoms with van der Waals surface area (Å²) in [5.74, 6) is 0.885. The number of likely N-dealkylation sites (tertiary alicyclic amines) is 1. The lowest BCUT2D eigenvalue weighted by Gasteiger charge is -2.20. The number of rotatable bonds is 4. The maximum atomic E-state index is 12.0. The molecular weight excluding hydrogens is 200 g/mol. The molecule has 1 aliphatic heterocycles. The number of likely N-dealkylation sites (N-methyl/N-ethyl adjacent to an activating group) is 1. The van der Waals surface area contributed by atoms with Crippen molar-refractivity contribution in [3.63, 3.8) is 0 Å². The van der Waals surface area contributed by atoms with E-state index in [0.717, 1.165) is 25.9 Å². The Morgan fingerprint density at radius 2 is 1.94 bits per heavy atom. The van der Waals surface area contributed by atoms with Gasteiger partial charge in [-0.3, -0.25) is 9.69 Å². The fourth-order valence-corrected chi connectivity index (χ4v) is 2.97. The fraction of sp³-hybridized carbons (Fsp3) is 0.923. The molecule has 2 aliphatic rings. The van der Waals surface area contributed by atoms with Crippen LogP contribution in [0.15, 0.2) is 0 Å². The summed E-state index contributed by atoms with van der Waals surface area (Å²) < 4.78 is 0. The number of carbonyl (C=O) groups is 1. The SMILES string of the molecule is CN(C)C1CCN(CC(=O)C2CCCC2)C1. The highest BCUT2D eigenvalue weighted by Gasteiger charge is 2.28. The Kier molecular flexibility index (Phi) is 3.98. The minimum atomic E-state index is 0.387. The lowest BCUT2D eigenvalue weighted by atomic mass is 10.0. The topological polar surface area (TPSA) is 23.6 Å². The summed E-state index contributed by atoms with van der Waals surface area (Å²) in [5.41, 5.74) is 0. The van der Waals surface area contributed by atoms with Crippen LogP contribution in [0.4, 0.5) is 0 Å². The molecule has 0 aromatic carbocycles. The summed E-state index contributed by atoms with van der Waals surface area (Å²) in [6.45, 7) is 2.88. The predicted molar refractivity (Wildman–Crippen MR) is 65.5 cm³/mol. The molecule has 1 saturated heterocycles. The zero-order valence-corrected chi connectivity index (χ0v) is 10.6. The molecule has 2 rings (SSSR count). The average Bonchev–Trinajstić information content (AvgIpc) is 2.87. The van der Waals surface area contributed by atoms with Crippen LogP contribution >= 0.6 is 0 Å². The molecule has 1 unspecified atom stereocenters. The van der Waals surface area contributed by atoms with Crippen LogP contribution in [0, 0.1) is 5.92 Å². The van der Waals surface area contributed by atoms with Crippen LogP contribution in [-0.2, 0) is 4.79 Å². The Labute approximate surface area is 98.8 Å². The van der Waals surface area contributed by atoms with E-state index in [9.17, 15) is 4.79 Å². The Morgan fingerprint density at radius 3 is 2.50 bits per heavy atom. The Balaban J connectivity index is 1.76. The van der Waals surface area contributed by atoms with Crippen molar-refractivity contribution in [1.29, 1.82) is 0 Å². The van der Waals surface area contributed by atoms with Crippen molar-refractivity contribution in [2.75, 3.05) is 33.7 Å². The summed E-state index contributed by atoms with van der Waals surface area (Å²) in [6, 6.07) is 0.649. The summed E-state index contributed by atoms with van der Waals surface area (Å²) in [4.78, 5) is 16.6. The lowest BCUT2D eigenvalue weighted by Crippen LogP contribution is -2.35. The molecule has 0 radical (unpaired) electrons. The van der Waals surface area contributed by atoms with Gasteiger partial charge in [0.15, 0.2) is 0 Å². The third-order valence-corrected chi connectivity index (χ3v) is 4.17. The van der Waals surface area contributed by atoms with Crippen LogP contribution in [-0.4, -0.2) is 55.4 Å². The third-order valence-electron chi connectivity index (χ3n) is 4.17. The van der Waals surface area contributed by atoms with Gasteiger partial charge in [0.05, 0.1) is 6.54 Å². The normalized spacial score (nSPS) is 28.1. The van der Waals surface area contributed by atoms with E-state index >= 15 is 0 Å². The van der Waals surface area contributed by atoms with Gasteiger partial charge in [-0.15, -0.1) is 0 Å². The Morgan fingerprint density at radius 1 is 1.25 bits per heavy atom. The molecule has 3 nitrogen and oxygen atoms in total. The fourth-order valence-electron chi connectivity index (χ4n) is 2.97. The first-order valence-corrected chi connectivity index (χ1v) is 6.58. The summed E-state index contributed by atoms with van der Waals surface area (Å²) in [7, 11) is 4.26. The molecule has 0 bridgehead atoms. The van der Waals surface area contributed by atoms with E-state index in [1.807, 2.05) is 0 Å². The van der Waals surface area contributed by atoms with Crippen LogP contribution in [0.5, 0.6) is 0 Å². The second kappa shape index (κ2) is 5.28. The predicted octanol–water partition coefficient (Wildman–Crippen LogP) is 1.38. The van der Waals surface area contributed by atoms with E-state index < -0.39 is 0 Å². The summed E-state index contributed by atoms with van der Waals surface area (Å²) in [5, 5.41) is 0. The molecule has 0 aromatic rings. The number of nitrogens with zero attached hydrogens (tertiary/aromatic N) is 2. The van der Waals surface area contributed by atoms with Gasteiger partial charge < -0.3 is 4.90 Å². The van der Waals surface area contributed by atoms with Crippen LogP contribution in [0.3, 0.4) is 0 Å². The van der Waals surface area contributed by atoms with Crippen molar-refractivity contribution >= 4 is 5.78 Å². The summed E-state index contributed by atoms with van der Waals surface area (Å²) >= 11 is 0. The van der Waals surface area contributed by atoms with Gasteiger partial charge in [0.25, 0.3) is 0 Å². The molecule has 16 heavy (non-hydrogen) atoms. The molecule has 0 spiro atoms. The van der Waals surface area contributed by atoms with Crippen LogP contribution in [0.25, 0.3) is 0 Å². The van der Waals surface area contributed by atoms with Gasteiger partial charge in [0.1, 0.15) is 5.78 Å². The number of ketones is 1. The van der Waals surface area contributed by atoms with Crippen molar-refractivity contribution < 1.29 is 4.79 Å². The van der Waals surface area contributed by atoms with E-state index in [0.29, 0.717) is 24.3 Å². The number of hydrogen-bond acceptors (Lipinski definition) is 3. The average molecular weight is 224 g/mol. The zero-order chi connectivity index (χ0) is 11.5. The first-order chi connectivity index (χ1) is 7.66. The molecule has 1 saturated carbocycles. The molecule has 2 fully saturated rings. The van der Waals surface area contributed by atoms with Crippen molar-refractivity contribution in [2.45, 2.75) is 38.1 Å². The van der Waals surface area contributed by atoms with E-state index in [1.165, 1.54) is 19.3 Å². The Bertz CT molecular complexity index is 246. The monoisotopic (exact) mass is 224 g/mol. The van der Waals surface area contributed by atoms with E-state index in [-0.39, 0.29) is 0 Å². The molecule has 0 aromatic heterocycles. The number of hydrogen-bond donors (Lipinski definition) is 0. The largest absolute Gasteiger partial charge is 0.305 e. The van der Waals surface area contributed by atoms with Gasteiger partial charge >= 0.3 is 0 Å². The highest BCUT2D eigenvalue weighted by Crippen LogP contribution is 2.26. The summed E-state index contributed by atoms with van der Waals surface area (Å²) in [6.07, 6.45) is 6.02. The van der Waals surface area contributed by atoms with Gasteiger partial charge in [-0.2, -0.15) is 0 Å². The first kappa shape index (κ1) is 12.1. The molecule has 1 atom stereocenters. The molecule has 0 N–H and O–H groups in total. The molecule has 0 amide bonds. The minimum Gasteiger partial charge on any atom is -0.305 e. The second-order valence-electron chi connectivity index (χ2n) is 5.59. The van der Waals surface area contributed by atoms with Crippen molar-refractivity contribution in [2.24, 2.45) is 5.92 Å². The first-order valence-electron chi connectivity index (χ1n) is 6.58. The Hall–Kier alpha value is -0.410. The smallest absolute Gasteiger partial charge is 0.149 e. The molecule has 3 heteroatoms. The maximum Gasteiger partial charge on any atom is 0.149 e.